The summed E-state index contributed by atoms with van der Waals surface area (Å²) in [5.74, 6) is -1.37. The number of methoxy groups -OCH3 is 1. The molecule has 1 fully saturated rings. The smallest absolute Gasteiger partial charge is 0.416 e. The monoisotopic (exact) mass is 566 g/mol. The molecule has 7 nitrogen and oxygen atoms in total. The zero-order valence-electron chi connectivity index (χ0n) is 20.6. The lowest BCUT2D eigenvalue weighted by Crippen LogP contribution is -2.55. The lowest BCUT2D eigenvalue weighted by Gasteiger charge is -2.44. The number of nitrogens with zero attached hydrogens (tertiary/aromatic N) is 4. The molecule has 1 saturated heterocycles. The molecule has 39 heavy (non-hydrogen) atoms. The molecule has 1 N–H and O–H groups in total. The molecular weight excluding hydrogens is 543 g/mol. The van der Waals surface area contributed by atoms with Gasteiger partial charge in [-0.2, -0.15) is 17.6 Å². The second-order valence-electron chi connectivity index (χ2n) is 9.04. The molecule has 1 atom stereocenters. The zero-order valence-corrected chi connectivity index (χ0v) is 21.4. The average molecular weight is 567 g/mol. The third kappa shape index (κ3) is 5.22. The second kappa shape index (κ2) is 10.4. The largest absolute Gasteiger partial charge is 0.495 e. The van der Waals surface area contributed by atoms with E-state index in [0.717, 1.165) is 29.2 Å². The maximum Gasteiger partial charge on any atom is 0.416 e. The maximum absolute atomic E-state index is 14.8. The first-order valence-electron chi connectivity index (χ1n) is 11.9. The fourth-order valence-corrected chi connectivity index (χ4v) is 5.63. The van der Waals surface area contributed by atoms with E-state index >= 15 is 0 Å². The highest BCUT2D eigenvalue weighted by Crippen LogP contribution is 2.47. The summed E-state index contributed by atoms with van der Waals surface area (Å²) in [7, 11) is 1.30. The number of guanidine groups is 1. The molecule has 3 heterocycles. The minimum atomic E-state index is -4.67. The van der Waals surface area contributed by atoms with Gasteiger partial charge in [0, 0.05) is 42.8 Å². The van der Waals surface area contributed by atoms with Crippen molar-refractivity contribution in [3.05, 3.63) is 69.9 Å². The van der Waals surface area contributed by atoms with Gasteiger partial charge in [0.1, 0.15) is 17.3 Å². The van der Waals surface area contributed by atoms with Gasteiger partial charge in [-0.15, -0.1) is 11.3 Å². The van der Waals surface area contributed by atoms with Gasteiger partial charge in [0.2, 0.25) is 11.1 Å². The standard InChI is InChI=1S/C26H23F5N4O3S/c1-38-21-7-2-15(26(29,30)31)12-20(21)35-19(13-22(36)37)18-14-39-24(28)23(18)32-25(35)34-10-8-33(9-11-34)17-5-3-16(27)4-6-17/h2-7,12,14,19H,8-11,13H2,1H3,(H,36,37). The predicted molar refractivity (Wildman–Crippen MR) is 137 cm³/mol. The summed E-state index contributed by atoms with van der Waals surface area (Å²) >= 11 is 0.751. The molecular formula is C26H23F5N4O3S. The number of carbonyl (C=O) groups is 1. The maximum atomic E-state index is 14.8. The molecule has 5 rings (SSSR count). The van der Waals surface area contributed by atoms with Gasteiger partial charge in [-0.3, -0.25) is 4.79 Å². The van der Waals surface area contributed by atoms with Crippen molar-refractivity contribution in [2.24, 2.45) is 4.99 Å². The van der Waals surface area contributed by atoms with Crippen LogP contribution in [0.3, 0.4) is 0 Å². The van der Waals surface area contributed by atoms with Crippen LogP contribution in [0.1, 0.15) is 23.6 Å². The van der Waals surface area contributed by atoms with E-state index in [4.69, 9.17) is 4.74 Å². The number of aliphatic imine (C=N–C) groups is 1. The van der Waals surface area contributed by atoms with Crippen LogP contribution in [-0.2, 0) is 11.0 Å². The van der Waals surface area contributed by atoms with Crippen LogP contribution in [-0.4, -0.2) is 55.2 Å². The quantitative estimate of drug-likeness (QED) is 0.388. The second-order valence-corrected chi connectivity index (χ2v) is 9.87. The molecule has 2 aliphatic rings. The molecule has 0 saturated carbocycles. The van der Waals surface area contributed by atoms with E-state index in [-0.39, 0.29) is 34.5 Å². The fourth-order valence-electron chi connectivity index (χ4n) is 4.85. The summed E-state index contributed by atoms with van der Waals surface area (Å²) in [5.41, 5.74) is 0.0659. The molecule has 13 heteroatoms. The van der Waals surface area contributed by atoms with Crippen LogP contribution in [0.15, 0.2) is 52.8 Å². The van der Waals surface area contributed by atoms with Crippen LogP contribution in [0.5, 0.6) is 5.75 Å². The van der Waals surface area contributed by atoms with E-state index in [1.165, 1.54) is 35.6 Å². The topological polar surface area (TPSA) is 68.6 Å². The van der Waals surface area contributed by atoms with Gasteiger partial charge in [0.25, 0.3) is 0 Å². The van der Waals surface area contributed by atoms with Gasteiger partial charge >= 0.3 is 12.1 Å². The number of aliphatic carboxylic acids is 1. The van der Waals surface area contributed by atoms with E-state index in [0.29, 0.717) is 26.2 Å². The Hall–Kier alpha value is -3.87. The number of hydrogen-bond acceptors (Lipinski definition) is 7. The number of ether oxygens (including phenoxy) is 1. The Morgan fingerprint density at radius 2 is 1.74 bits per heavy atom. The first-order chi connectivity index (χ1) is 18.6. The molecule has 2 aliphatic heterocycles. The number of carboxylic acid groups (broad SMARTS) is 1. The molecule has 206 valence electrons. The average Bonchev–Trinajstić information content (AvgIpc) is 3.28. The van der Waals surface area contributed by atoms with E-state index in [1.54, 1.807) is 17.0 Å². The number of thiophene rings is 1. The summed E-state index contributed by atoms with van der Waals surface area (Å²) in [4.78, 5) is 21.7. The molecule has 1 unspecified atom stereocenters. The Bertz CT molecular complexity index is 1400. The van der Waals surface area contributed by atoms with Crippen molar-refractivity contribution in [3.8, 4) is 5.75 Å². The molecule has 0 radical (unpaired) electrons. The highest BCUT2D eigenvalue weighted by molar-refractivity contribution is 7.08. The number of fused-ring (bicyclic) bond motifs is 1. The van der Waals surface area contributed by atoms with Crippen LogP contribution in [0.4, 0.5) is 39.0 Å². The van der Waals surface area contributed by atoms with E-state index in [2.05, 4.69) is 4.99 Å². The van der Waals surface area contributed by atoms with Crippen LogP contribution in [0.2, 0.25) is 0 Å². The van der Waals surface area contributed by atoms with Crippen LogP contribution in [0, 0.1) is 10.9 Å². The van der Waals surface area contributed by atoms with Gasteiger partial charge < -0.3 is 24.5 Å². The Labute approximate surface area is 224 Å². The van der Waals surface area contributed by atoms with Crippen LogP contribution >= 0.6 is 11.3 Å². The molecule has 2 aromatic carbocycles. The Morgan fingerprint density at radius 3 is 2.36 bits per heavy atom. The Kier molecular flexibility index (Phi) is 7.10. The molecule has 0 aliphatic carbocycles. The first-order valence-corrected chi connectivity index (χ1v) is 12.8. The Morgan fingerprint density at radius 1 is 1.08 bits per heavy atom. The van der Waals surface area contributed by atoms with Gasteiger partial charge in [-0.1, -0.05) is 0 Å². The number of hydrogen-bond donors (Lipinski definition) is 1. The third-order valence-electron chi connectivity index (χ3n) is 6.73. The van der Waals surface area contributed by atoms with Gasteiger partial charge in [0.15, 0.2) is 0 Å². The minimum absolute atomic E-state index is 0.0237. The molecule has 0 bridgehead atoms. The summed E-state index contributed by atoms with van der Waals surface area (Å²) < 4.78 is 74.8. The summed E-state index contributed by atoms with van der Waals surface area (Å²) in [6, 6.07) is 7.91. The van der Waals surface area contributed by atoms with E-state index in [9.17, 15) is 31.9 Å². The summed E-state index contributed by atoms with van der Waals surface area (Å²) in [6.07, 6.45) is -5.19. The number of carboxylic acids is 1. The first kappa shape index (κ1) is 26.7. The van der Waals surface area contributed by atoms with Gasteiger partial charge in [0.05, 0.1) is 30.8 Å². The van der Waals surface area contributed by atoms with E-state index < -0.39 is 35.3 Å². The fraction of sp³-hybridized carbons (Fsp3) is 0.308. The molecule has 1 aromatic heterocycles. The molecule has 0 spiro atoms. The number of alkyl halides is 3. The lowest BCUT2D eigenvalue weighted by atomic mass is 10.00. The molecule has 0 amide bonds. The predicted octanol–water partition coefficient (Wildman–Crippen LogP) is 5.90. The van der Waals surface area contributed by atoms with Crippen molar-refractivity contribution in [3.63, 3.8) is 0 Å². The number of rotatable bonds is 5. The number of anilines is 2. The van der Waals surface area contributed by atoms with Crippen molar-refractivity contribution < 1.29 is 36.6 Å². The molecule has 3 aromatic rings. The van der Waals surface area contributed by atoms with Gasteiger partial charge in [-0.25, -0.2) is 9.38 Å². The van der Waals surface area contributed by atoms with Crippen LogP contribution < -0.4 is 14.5 Å². The number of piperazine rings is 1. The van der Waals surface area contributed by atoms with Crippen molar-refractivity contribution in [2.45, 2.75) is 18.6 Å². The summed E-state index contributed by atoms with van der Waals surface area (Å²) in [6.45, 7) is 1.60. The highest BCUT2D eigenvalue weighted by atomic mass is 32.1. The number of benzene rings is 2. The van der Waals surface area contributed by atoms with Crippen LogP contribution in [0.25, 0.3) is 0 Å². The third-order valence-corrected chi connectivity index (χ3v) is 7.51. The highest BCUT2D eigenvalue weighted by Gasteiger charge is 2.41. The normalized spacial score (nSPS) is 17.6. The Balaban J connectivity index is 1.59. The van der Waals surface area contributed by atoms with Gasteiger partial charge in [-0.05, 0) is 42.5 Å². The van der Waals surface area contributed by atoms with E-state index in [1.807, 2.05) is 4.90 Å². The minimum Gasteiger partial charge on any atom is -0.495 e. The van der Waals surface area contributed by atoms with Crippen molar-refractivity contribution in [2.75, 3.05) is 43.1 Å². The lowest BCUT2D eigenvalue weighted by molar-refractivity contribution is -0.138. The zero-order chi connectivity index (χ0) is 27.9. The van der Waals surface area contributed by atoms with Crippen molar-refractivity contribution >= 4 is 40.3 Å². The van der Waals surface area contributed by atoms with Crippen molar-refractivity contribution in [1.29, 1.82) is 0 Å². The number of halogens is 5. The van der Waals surface area contributed by atoms with Crippen molar-refractivity contribution in [1.82, 2.24) is 4.90 Å². The SMILES string of the molecule is COc1ccc(C(F)(F)F)cc1N1C(N2CCN(c3ccc(F)cc3)CC2)=Nc2c(csc2F)C1CC(=O)O. The summed E-state index contributed by atoms with van der Waals surface area (Å²) in [5, 5.41) is 10.6.